The van der Waals surface area contributed by atoms with Gasteiger partial charge in [-0.3, -0.25) is 4.79 Å². The second kappa shape index (κ2) is 9.04. The predicted molar refractivity (Wildman–Crippen MR) is 110 cm³/mol. The molecule has 1 fully saturated rings. The molecule has 0 spiro atoms. The van der Waals surface area contributed by atoms with Crippen molar-refractivity contribution in [2.45, 2.75) is 17.1 Å². The van der Waals surface area contributed by atoms with Gasteiger partial charge in [-0.05, 0) is 55.5 Å². The zero-order valence-electron chi connectivity index (χ0n) is 16.1. The first-order valence-electron chi connectivity index (χ1n) is 9.09. The minimum Gasteiger partial charge on any atom is -0.497 e. The van der Waals surface area contributed by atoms with E-state index in [0.29, 0.717) is 0 Å². The maximum atomic E-state index is 12.8. The molecule has 0 aromatic heterocycles. The minimum absolute atomic E-state index is 0.106. The Labute approximate surface area is 165 Å². The van der Waals surface area contributed by atoms with E-state index in [-0.39, 0.29) is 11.2 Å². The van der Waals surface area contributed by atoms with Crippen LogP contribution in [0.1, 0.15) is 6.92 Å². The number of amides is 1. The molecule has 27 heavy (non-hydrogen) atoms. The van der Waals surface area contributed by atoms with Gasteiger partial charge in [0.1, 0.15) is 11.5 Å². The molecule has 0 bridgehead atoms. The third-order valence-electron chi connectivity index (χ3n) is 4.75. The first-order chi connectivity index (χ1) is 13.1. The Kier molecular flexibility index (Phi) is 6.50. The van der Waals surface area contributed by atoms with Crippen LogP contribution in [0.4, 0.5) is 5.69 Å². The maximum absolute atomic E-state index is 12.8. The van der Waals surface area contributed by atoms with Gasteiger partial charge in [0.15, 0.2) is 0 Å². The van der Waals surface area contributed by atoms with E-state index in [4.69, 9.17) is 9.47 Å². The van der Waals surface area contributed by atoms with Gasteiger partial charge < -0.3 is 19.3 Å². The molecule has 1 aliphatic rings. The highest BCUT2D eigenvalue weighted by Crippen LogP contribution is 2.27. The van der Waals surface area contributed by atoms with Crippen LogP contribution in [0.3, 0.4) is 0 Å². The lowest BCUT2D eigenvalue weighted by Gasteiger charge is -2.37. The SMILES string of the molecule is COc1ccc(S[C@H](C)C(=O)N2CCN(c3ccc(OC)cc3)CC2)cc1. The van der Waals surface area contributed by atoms with Crippen molar-refractivity contribution in [2.75, 3.05) is 45.3 Å². The number of hydrogen-bond acceptors (Lipinski definition) is 5. The Morgan fingerprint density at radius 2 is 1.41 bits per heavy atom. The molecular weight excluding hydrogens is 360 g/mol. The summed E-state index contributed by atoms with van der Waals surface area (Å²) < 4.78 is 10.4. The molecule has 2 aromatic carbocycles. The van der Waals surface area contributed by atoms with E-state index in [0.717, 1.165) is 42.6 Å². The van der Waals surface area contributed by atoms with E-state index >= 15 is 0 Å². The monoisotopic (exact) mass is 386 g/mol. The summed E-state index contributed by atoms with van der Waals surface area (Å²) >= 11 is 1.59. The van der Waals surface area contributed by atoms with E-state index in [1.165, 1.54) is 5.69 Å². The van der Waals surface area contributed by atoms with Crippen molar-refractivity contribution in [3.05, 3.63) is 48.5 Å². The van der Waals surface area contributed by atoms with E-state index in [2.05, 4.69) is 17.0 Å². The molecule has 6 heteroatoms. The minimum atomic E-state index is -0.106. The van der Waals surface area contributed by atoms with Crippen molar-refractivity contribution in [1.82, 2.24) is 4.90 Å². The van der Waals surface area contributed by atoms with Gasteiger partial charge in [-0.25, -0.2) is 0 Å². The average Bonchev–Trinajstić information content (AvgIpc) is 2.74. The van der Waals surface area contributed by atoms with Gasteiger partial charge in [-0.15, -0.1) is 11.8 Å². The van der Waals surface area contributed by atoms with E-state index < -0.39 is 0 Å². The number of methoxy groups -OCH3 is 2. The fraction of sp³-hybridized carbons (Fsp3) is 0.381. The number of ether oxygens (including phenoxy) is 2. The number of hydrogen-bond donors (Lipinski definition) is 0. The Morgan fingerprint density at radius 1 is 0.889 bits per heavy atom. The first-order valence-corrected chi connectivity index (χ1v) is 9.97. The highest BCUT2D eigenvalue weighted by Gasteiger charge is 2.25. The molecule has 2 aromatic rings. The summed E-state index contributed by atoms with van der Waals surface area (Å²) in [7, 11) is 3.32. The van der Waals surface area contributed by atoms with Crippen LogP contribution in [-0.4, -0.2) is 56.5 Å². The van der Waals surface area contributed by atoms with Crippen LogP contribution in [0.2, 0.25) is 0 Å². The van der Waals surface area contributed by atoms with Gasteiger partial charge in [0.2, 0.25) is 5.91 Å². The molecule has 144 valence electrons. The van der Waals surface area contributed by atoms with Crippen molar-refractivity contribution in [1.29, 1.82) is 0 Å². The number of piperazine rings is 1. The van der Waals surface area contributed by atoms with Gasteiger partial charge in [-0.1, -0.05) is 0 Å². The molecule has 3 rings (SSSR count). The highest BCUT2D eigenvalue weighted by molar-refractivity contribution is 8.00. The third kappa shape index (κ3) is 4.89. The van der Waals surface area contributed by atoms with Crippen molar-refractivity contribution in [3.8, 4) is 11.5 Å². The summed E-state index contributed by atoms with van der Waals surface area (Å²) in [6.45, 7) is 5.17. The molecular formula is C21H26N2O3S. The predicted octanol–water partition coefficient (Wildman–Crippen LogP) is 3.53. The molecule has 1 amide bonds. The lowest BCUT2D eigenvalue weighted by molar-refractivity contribution is -0.130. The molecule has 5 nitrogen and oxygen atoms in total. The second-order valence-electron chi connectivity index (χ2n) is 6.45. The molecule has 0 unspecified atom stereocenters. The lowest BCUT2D eigenvalue weighted by atomic mass is 10.2. The summed E-state index contributed by atoms with van der Waals surface area (Å²) in [5.41, 5.74) is 1.17. The van der Waals surface area contributed by atoms with Crippen LogP contribution in [0, 0.1) is 0 Å². The normalized spacial score (nSPS) is 15.4. The van der Waals surface area contributed by atoms with Crippen LogP contribution in [-0.2, 0) is 4.79 Å². The number of rotatable bonds is 6. The summed E-state index contributed by atoms with van der Waals surface area (Å²) in [6.07, 6.45) is 0. The summed E-state index contributed by atoms with van der Waals surface area (Å²) in [5, 5.41) is -0.106. The quantitative estimate of drug-likeness (QED) is 0.711. The smallest absolute Gasteiger partial charge is 0.235 e. The van der Waals surface area contributed by atoms with Crippen LogP contribution in [0.5, 0.6) is 11.5 Å². The standard InChI is InChI=1S/C21H26N2O3S/c1-16(27-20-10-8-19(26-3)9-11-20)21(24)23-14-12-22(13-15-23)17-4-6-18(25-2)7-5-17/h4-11,16H,12-15H2,1-3H3/t16-/m1/s1. The van der Waals surface area contributed by atoms with Crippen LogP contribution < -0.4 is 14.4 Å². The largest absolute Gasteiger partial charge is 0.497 e. The number of anilines is 1. The van der Waals surface area contributed by atoms with Crippen LogP contribution in [0.15, 0.2) is 53.4 Å². The Bertz CT molecular complexity index is 741. The maximum Gasteiger partial charge on any atom is 0.235 e. The Balaban J connectivity index is 1.52. The van der Waals surface area contributed by atoms with Gasteiger partial charge in [0.05, 0.1) is 19.5 Å². The zero-order chi connectivity index (χ0) is 19.2. The molecule has 0 saturated carbocycles. The summed E-state index contributed by atoms with van der Waals surface area (Å²) in [4.78, 5) is 18.2. The van der Waals surface area contributed by atoms with Crippen molar-refractivity contribution in [3.63, 3.8) is 0 Å². The van der Waals surface area contributed by atoms with Gasteiger partial charge in [-0.2, -0.15) is 0 Å². The van der Waals surface area contributed by atoms with Gasteiger partial charge in [0, 0.05) is 36.8 Å². The topological polar surface area (TPSA) is 42.0 Å². The number of benzene rings is 2. The fourth-order valence-corrected chi connectivity index (χ4v) is 4.10. The van der Waals surface area contributed by atoms with Gasteiger partial charge in [0.25, 0.3) is 0 Å². The average molecular weight is 387 g/mol. The second-order valence-corrected chi connectivity index (χ2v) is 7.86. The number of carbonyl (C=O) groups excluding carboxylic acids is 1. The summed E-state index contributed by atoms with van der Waals surface area (Å²) in [5.74, 6) is 1.88. The molecule has 0 radical (unpaired) electrons. The third-order valence-corrected chi connectivity index (χ3v) is 5.85. The number of nitrogens with zero attached hydrogens (tertiary/aromatic N) is 2. The molecule has 0 aliphatic carbocycles. The van der Waals surface area contributed by atoms with Crippen molar-refractivity contribution in [2.24, 2.45) is 0 Å². The van der Waals surface area contributed by atoms with Gasteiger partial charge >= 0.3 is 0 Å². The van der Waals surface area contributed by atoms with Crippen LogP contribution in [0.25, 0.3) is 0 Å². The molecule has 0 N–H and O–H groups in total. The number of carbonyl (C=O) groups is 1. The Hall–Kier alpha value is -2.34. The molecule has 1 heterocycles. The molecule has 1 aliphatic heterocycles. The zero-order valence-corrected chi connectivity index (χ0v) is 16.9. The molecule has 1 atom stereocenters. The van der Waals surface area contributed by atoms with Crippen molar-refractivity contribution < 1.29 is 14.3 Å². The lowest BCUT2D eigenvalue weighted by Crippen LogP contribution is -2.50. The fourth-order valence-electron chi connectivity index (χ4n) is 3.14. The van der Waals surface area contributed by atoms with E-state index in [1.807, 2.05) is 48.2 Å². The van der Waals surface area contributed by atoms with Crippen molar-refractivity contribution >= 4 is 23.4 Å². The Morgan fingerprint density at radius 3 is 1.93 bits per heavy atom. The van der Waals surface area contributed by atoms with Crippen LogP contribution >= 0.6 is 11.8 Å². The highest BCUT2D eigenvalue weighted by atomic mass is 32.2. The first kappa shape index (κ1) is 19.4. The van der Waals surface area contributed by atoms with E-state index in [9.17, 15) is 4.79 Å². The molecule has 1 saturated heterocycles. The summed E-state index contributed by atoms with van der Waals surface area (Å²) in [6, 6.07) is 15.9. The number of thioether (sulfide) groups is 1. The van der Waals surface area contributed by atoms with E-state index in [1.54, 1.807) is 26.0 Å².